The summed E-state index contributed by atoms with van der Waals surface area (Å²) in [5.41, 5.74) is 5.26. The lowest BCUT2D eigenvalue weighted by Gasteiger charge is -2.12. The van der Waals surface area contributed by atoms with E-state index >= 15 is 0 Å². The highest BCUT2D eigenvalue weighted by atomic mass is 16.7. The van der Waals surface area contributed by atoms with Crippen LogP contribution < -0.4 is 5.73 Å². The van der Waals surface area contributed by atoms with Crippen LogP contribution in [-0.4, -0.2) is 39.9 Å². The monoisotopic (exact) mass is 185 g/mol. The van der Waals surface area contributed by atoms with Crippen LogP contribution in [0.2, 0.25) is 0 Å². The summed E-state index contributed by atoms with van der Waals surface area (Å²) in [6, 6.07) is 0. The van der Waals surface area contributed by atoms with E-state index in [1.54, 1.807) is 0 Å². The number of anilines is 1. The van der Waals surface area contributed by atoms with Gasteiger partial charge in [0, 0.05) is 7.05 Å². The van der Waals surface area contributed by atoms with Crippen molar-refractivity contribution in [2.45, 2.75) is 6.54 Å². The van der Waals surface area contributed by atoms with Crippen LogP contribution in [0.5, 0.6) is 0 Å². The molecule has 1 rings (SSSR count). The summed E-state index contributed by atoms with van der Waals surface area (Å²) in [5.74, 6) is -0.0831. The first kappa shape index (κ1) is 9.46. The van der Waals surface area contributed by atoms with Crippen LogP contribution in [0, 0.1) is 0 Å². The second-order valence-electron chi connectivity index (χ2n) is 2.37. The Bertz CT molecular complexity index is 297. The third-order valence-electron chi connectivity index (χ3n) is 1.48. The maximum absolute atomic E-state index is 11.2. The van der Waals surface area contributed by atoms with Crippen molar-refractivity contribution in [3.8, 4) is 0 Å². The van der Waals surface area contributed by atoms with Crippen LogP contribution >= 0.6 is 0 Å². The fraction of sp³-hybridized carbons (Fsp3) is 0.500. The van der Waals surface area contributed by atoms with E-state index in [0.29, 0.717) is 0 Å². The van der Waals surface area contributed by atoms with Crippen LogP contribution in [-0.2, 0) is 16.2 Å². The molecule has 2 N–H and O–H groups in total. The van der Waals surface area contributed by atoms with E-state index < -0.39 is 0 Å². The molecule has 1 heterocycles. The fourth-order valence-electron chi connectivity index (χ4n) is 0.725. The number of amides is 1. The van der Waals surface area contributed by atoms with Gasteiger partial charge >= 0.3 is 0 Å². The average molecular weight is 185 g/mol. The molecular weight excluding hydrogens is 174 g/mol. The van der Waals surface area contributed by atoms with Crippen LogP contribution in [0.25, 0.3) is 0 Å². The van der Waals surface area contributed by atoms with E-state index in [4.69, 9.17) is 5.73 Å². The second kappa shape index (κ2) is 3.85. The van der Waals surface area contributed by atoms with Crippen LogP contribution in [0.4, 0.5) is 5.95 Å². The van der Waals surface area contributed by atoms with E-state index in [0.717, 1.165) is 5.06 Å². The zero-order chi connectivity index (χ0) is 9.84. The summed E-state index contributed by atoms with van der Waals surface area (Å²) in [6.45, 7) is 0.0640. The van der Waals surface area contributed by atoms with Crippen molar-refractivity contribution < 1.29 is 9.63 Å². The Balaban J connectivity index is 2.54. The van der Waals surface area contributed by atoms with Gasteiger partial charge in [-0.3, -0.25) is 9.63 Å². The average Bonchev–Trinajstić information content (AvgIpc) is 2.49. The van der Waals surface area contributed by atoms with Gasteiger partial charge in [0.25, 0.3) is 5.91 Å². The first-order chi connectivity index (χ1) is 6.13. The van der Waals surface area contributed by atoms with Crippen molar-refractivity contribution in [3.05, 3.63) is 6.33 Å². The van der Waals surface area contributed by atoms with E-state index in [9.17, 15) is 4.79 Å². The molecule has 0 aromatic carbocycles. The highest BCUT2D eigenvalue weighted by molar-refractivity contribution is 5.74. The zero-order valence-corrected chi connectivity index (χ0v) is 7.47. The number of carbonyl (C=O) groups is 1. The van der Waals surface area contributed by atoms with E-state index in [-0.39, 0.29) is 18.4 Å². The number of nitrogen functional groups attached to an aromatic ring is 1. The molecule has 0 radical (unpaired) electrons. The van der Waals surface area contributed by atoms with Crippen molar-refractivity contribution in [1.29, 1.82) is 0 Å². The smallest absolute Gasteiger partial charge is 0.267 e. The summed E-state index contributed by atoms with van der Waals surface area (Å²) >= 11 is 0. The van der Waals surface area contributed by atoms with Gasteiger partial charge in [-0.1, -0.05) is 0 Å². The predicted octanol–water partition coefficient (Wildman–Crippen LogP) is -1.12. The number of nitrogens with zero attached hydrogens (tertiary/aromatic N) is 4. The van der Waals surface area contributed by atoms with Crippen molar-refractivity contribution in [3.63, 3.8) is 0 Å². The summed E-state index contributed by atoms with van der Waals surface area (Å²) in [7, 11) is 2.93. The summed E-state index contributed by atoms with van der Waals surface area (Å²) in [4.78, 5) is 19.6. The van der Waals surface area contributed by atoms with Crippen molar-refractivity contribution in [2.24, 2.45) is 0 Å². The molecular formula is C6H11N5O2. The molecule has 7 nitrogen and oxygen atoms in total. The predicted molar refractivity (Wildman–Crippen MR) is 44.2 cm³/mol. The van der Waals surface area contributed by atoms with Crippen LogP contribution in [0.1, 0.15) is 0 Å². The van der Waals surface area contributed by atoms with Gasteiger partial charge in [0.2, 0.25) is 5.95 Å². The Morgan fingerprint density at radius 3 is 3.00 bits per heavy atom. The number of hydrogen-bond donors (Lipinski definition) is 1. The Morgan fingerprint density at radius 2 is 2.54 bits per heavy atom. The number of hydroxylamine groups is 2. The lowest BCUT2D eigenvalue weighted by atomic mass is 10.6. The number of likely N-dealkylation sites (N-methyl/N-ethyl adjacent to an activating group) is 1. The van der Waals surface area contributed by atoms with Gasteiger partial charge in [0.15, 0.2) is 0 Å². The molecule has 0 fully saturated rings. The molecule has 0 saturated carbocycles. The van der Waals surface area contributed by atoms with Gasteiger partial charge in [-0.15, -0.1) is 5.10 Å². The Morgan fingerprint density at radius 1 is 1.85 bits per heavy atom. The first-order valence-electron chi connectivity index (χ1n) is 3.59. The minimum Gasteiger partial charge on any atom is -0.367 e. The summed E-state index contributed by atoms with van der Waals surface area (Å²) in [5, 5.41) is 4.86. The normalized spacial score (nSPS) is 10.0. The number of carbonyl (C=O) groups excluding carboxylic acids is 1. The van der Waals surface area contributed by atoms with Gasteiger partial charge in [-0.25, -0.2) is 14.7 Å². The van der Waals surface area contributed by atoms with Crippen LogP contribution in [0.15, 0.2) is 6.33 Å². The van der Waals surface area contributed by atoms with E-state index in [2.05, 4.69) is 14.9 Å². The van der Waals surface area contributed by atoms with Crippen molar-refractivity contribution in [1.82, 2.24) is 19.8 Å². The van der Waals surface area contributed by atoms with Gasteiger partial charge < -0.3 is 5.73 Å². The third-order valence-corrected chi connectivity index (χ3v) is 1.48. The molecule has 13 heavy (non-hydrogen) atoms. The molecule has 1 aromatic heterocycles. The van der Waals surface area contributed by atoms with Gasteiger partial charge in [-0.05, 0) is 0 Å². The standard InChI is InChI=1S/C6H11N5O2/c1-10(13-2)5(12)3-11-4-8-6(7)9-11/h4H,3H2,1-2H3,(H2,7,9). The topological polar surface area (TPSA) is 86.3 Å². The fourth-order valence-corrected chi connectivity index (χ4v) is 0.725. The lowest BCUT2D eigenvalue weighted by molar-refractivity contribution is -0.169. The molecule has 0 aliphatic heterocycles. The van der Waals surface area contributed by atoms with E-state index in [1.165, 1.54) is 25.2 Å². The minimum atomic E-state index is -0.229. The van der Waals surface area contributed by atoms with E-state index in [1.807, 2.05) is 0 Å². The summed E-state index contributed by atoms with van der Waals surface area (Å²) < 4.78 is 1.34. The molecule has 0 spiro atoms. The molecule has 0 aliphatic rings. The minimum absolute atomic E-state index is 0.0640. The van der Waals surface area contributed by atoms with Crippen molar-refractivity contribution in [2.75, 3.05) is 19.9 Å². The molecule has 0 unspecified atom stereocenters. The number of rotatable bonds is 3. The Kier molecular flexibility index (Phi) is 2.80. The summed E-state index contributed by atoms with van der Waals surface area (Å²) in [6.07, 6.45) is 1.39. The lowest BCUT2D eigenvalue weighted by Crippen LogP contribution is -2.29. The SMILES string of the molecule is CON(C)C(=O)Cn1cnc(N)n1. The Hall–Kier alpha value is -1.63. The quantitative estimate of drug-likeness (QED) is 0.603. The van der Waals surface area contributed by atoms with Crippen molar-refractivity contribution >= 4 is 11.9 Å². The maximum atomic E-state index is 11.2. The number of aromatic nitrogens is 3. The molecule has 0 aliphatic carbocycles. The highest BCUT2D eigenvalue weighted by Gasteiger charge is 2.09. The first-order valence-corrected chi connectivity index (χ1v) is 3.59. The zero-order valence-electron chi connectivity index (χ0n) is 7.47. The molecule has 0 bridgehead atoms. The molecule has 1 aromatic rings. The van der Waals surface area contributed by atoms with Gasteiger partial charge in [-0.2, -0.15) is 0 Å². The largest absolute Gasteiger partial charge is 0.367 e. The highest BCUT2D eigenvalue weighted by Crippen LogP contribution is 1.92. The number of hydrogen-bond acceptors (Lipinski definition) is 5. The van der Waals surface area contributed by atoms with Gasteiger partial charge in [0.1, 0.15) is 12.9 Å². The second-order valence-corrected chi connectivity index (χ2v) is 2.37. The Labute approximate surface area is 75.0 Å². The van der Waals surface area contributed by atoms with Crippen LogP contribution in [0.3, 0.4) is 0 Å². The maximum Gasteiger partial charge on any atom is 0.267 e. The van der Waals surface area contributed by atoms with Gasteiger partial charge in [0.05, 0.1) is 7.11 Å². The molecule has 72 valence electrons. The molecule has 0 saturated heterocycles. The third kappa shape index (κ3) is 2.41. The molecule has 7 heteroatoms. The molecule has 1 amide bonds. The molecule has 0 atom stereocenters. The number of nitrogens with two attached hydrogens (primary N) is 1.